The lowest BCUT2D eigenvalue weighted by molar-refractivity contribution is -0.148. The molecule has 0 bridgehead atoms. The Hall–Kier alpha value is -2.57. The number of nitrogens with zero attached hydrogens (tertiary/aromatic N) is 1. The van der Waals surface area contributed by atoms with Crippen molar-refractivity contribution in [3.05, 3.63) is 29.8 Å². The van der Waals surface area contributed by atoms with E-state index in [4.69, 9.17) is 9.47 Å². The van der Waals surface area contributed by atoms with Gasteiger partial charge < -0.3 is 14.2 Å². The van der Waals surface area contributed by atoms with Gasteiger partial charge in [0.25, 0.3) is 0 Å². The fourth-order valence-electron chi connectivity index (χ4n) is 2.97. The van der Waals surface area contributed by atoms with Crippen molar-refractivity contribution in [2.45, 2.75) is 58.5 Å². The Morgan fingerprint density at radius 1 is 1.18 bits per heavy atom. The standard InChI is InChI=1S/C24H35NO7S/c1-5-21-12-10-13-22(18-21)31-19-23(32-20(2)26)14-11-17-25(33(4,28)29)16-9-7-6-8-15-24(27)30-3/h10,12-13,18,23H,5-6,8,11,14-17,19H2,1-4H3. The van der Waals surface area contributed by atoms with Crippen LogP contribution in [0.15, 0.2) is 24.3 Å². The van der Waals surface area contributed by atoms with Crippen molar-refractivity contribution in [3.8, 4) is 17.6 Å². The number of sulfonamides is 1. The summed E-state index contributed by atoms with van der Waals surface area (Å²) < 4.78 is 41.2. The highest BCUT2D eigenvalue weighted by Crippen LogP contribution is 2.16. The minimum Gasteiger partial charge on any atom is -0.490 e. The minimum absolute atomic E-state index is 0.0651. The third kappa shape index (κ3) is 12.9. The van der Waals surface area contributed by atoms with Crippen molar-refractivity contribution < 1.29 is 32.2 Å². The summed E-state index contributed by atoms with van der Waals surface area (Å²) in [6.07, 6.45) is 3.79. The fraction of sp³-hybridized carbons (Fsp3) is 0.583. The molecule has 0 amide bonds. The number of carbonyl (C=O) groups is 2. The molecule has 1 aromatic carbocycles. The van der Waals surface area contributed by atoms with Crippen LogP contribution in [0.3, 0.4) is 0 Å². The maximum absolute atomic E-state index is 12.1. The number of unbranched alkanes of at least 4 members (excludes halogenated alkanes) is 1. The molecule has 0 radical (unpaired) electrons. The second-order valence-electron chi connectivity index (χ2n) is 7.57. The third-order valence-electron chi connectivity index (χ3n) is 4.77. The monoisotopic (exact) mass is 481 g/mol. The Labute approximate surface area is 197 Å². The average Bonchev–Trinajstić information content (AvgIpc) is 2.77. The molecule has 1 unspecified atom stereocenters. The summed E-state index contributed by atoms with van der Waals surface area (Å²) in [7, 11) is -2.11. The second kappa shape index (κ2) is 15.3. The zero-order valence-corrected chi connectivity index (χ0v) is 20.8. The molecule has 0 aliphatic rings. The molecule has 0 aliphatic heterocycles. The van der Waals surface area contributed by atoms with Crippen LogP contribution in [0.25, 0.3) is 0 Å². The normalized spacial score (nSPS) is 11.9. The Morgan fingerprint density at radius 2 is 1.94 bits per heavy atom. The summed E-state index contributed by atoms with van der Waals surface area (Å²) in [5, 5.41) is 0. The Bertz CT molecular complexity index is 918. The zero-order chi connectivity index (χ0) is 24.7. The molecule has 9 heteroatoms. The van der Waals surface area contributed by atoms with Crippen molar-refractivity contribution in [2.75, 3.05) is 33.1 Å². The molecular formula is C24H35NO7S. The van der Waals surface area contributed by atoms with E-state index in [1.54, 1.807) is 0 Å². The van der Waals surface area contributed by atoms with Gasteiger partial charge in [0.1, 0.15) is 18.5 Å². The van der Waals surface area contributed by atoms with Gasteiger partial charge in [-0.25, -0.2) is 8.42 Å². The van der Waals surface area contributed by atoms with Crippen molar-refractivity contribution in [2.24, 2.45) is 0 Å². The molecule has 0 fully saturated rings. The van der Waals surface area contributed by atoms with E-state index in [-0.39, 0.29) is 32.1 Å². The predicted octanol–water partition coefficient (Wildman–Crippen LogP) is 2.95. The van der Waals surface area contributed by atoms with Crippen LogP contribution in [0.4, 0.5) is 0 Å². The van der Waals surface area contributed by atoms with Crippen LogP contribution in [0.2, 0.25) is 0 Å². The number of carbonyl (C=O) groups excluding carboxylic acids is 2. The van der Waals surface area contributed by atoms with Crippen LogP contribution in [0.1, 0.15) is 51.5 Å². The van der Waals surface area contributed by atoms with Gasteiger partial charge in [-0.2, -0.15) is 4.31 Å². The average molecular weight is 482 g/mol. The molecule has 0 N–H and O–H groups in total. The molecule has 184 valence electrons. The van der Waals surface area contributed by atoms with Crippen LogP contribution in [0, 0.1) is 11.8 Å². The molecule has 0 saturated carbocycles. The molecule has 1 atom stereocenters. The maximum atomic E-state index is 12.1. The SMILES string of the molecule is CCc1cccc(OCC(CCCN(CC#CCCCC(=O)OC)S(C)(=O)=O)OC(C)=O)c1. The molecule has 0 heterocycles. The van der Waals surface area contributed by atoms with Gasteiger partial charge in [0, 0.05) is 26.3 Å². The van der Waals surface area contributed by atoms with Gasteiger partial charge in [-0.15, -0.1) is 5.92 Å². The van der Waals surface area contributed by atoms with Gasteiger partial charge in [0.2, 0.25) is 10.0 Å². The number of methoxy groups -OCH3 is 1. The highest BCUT2D eigenvalue weighted by Gasteiger charge is 2.18. The maximum Gasteiger partial charge on any atom is 0.305 e. The van der Waals surface area contributed by atoms with Crippen LogP contribution >= 0.6 is 0 Å². The number of rotatable bonds is 14. The van der Waals surface area contributed by atoms with E-state index in [2.05, 4.69) is 23.5 Å². The van der Waals surface area contributed by atoms with E-state index in [1.165, 1.54) is 18.3 Å². The molecule has 33 heavy (non-hydrogen) atoms. The lowest BCUT2D eigenvalue weighted by Gasteiger charge is -2.21. The van der Waals surface area contributed by atoms with Gasteiger partial charge in [-0.1, -0.05) is 25.0 Å². The molecule has 0 saturated heterocycles. The Balaban J connectivity index is 2.57. The number of ether oxygens (including phenoxy) is 3. The smallest absolute Gasteiger partial charge is 0.305 e. The third-order valence-corrected chi connectivity index (χ3v) is 6.02. The van der Waals surface area contributed by atoms with E-state index < -0.39 is 22.1 Å². The molecule has 8 nitrogen and oxygen atoms in total. The largest absolute Gasteiger partial charge is 0.490 e. The van der Waals surface area contributed by atoms with Crippen molar-refractivity contribution >= 4 is 22.0 Å². The van der Waals surface area contributed by atoms with Crippen LogP contribution in [0.5, 0.6) is 5.75 Å². The number of aryl methyl sites for hydroxylation is 1. The Kier molecular flexibility index (Phi) is 13.2. The fourth-order valence-corrected chi connectivity index (χ4v) is 3.73. The summed E-state index contributed by atoms with van der Waals surface area (Å²) in [6.45, 7) is 3.89. The summed E-state index contributed by atoms with van der Waals surface area (Å²) in [4.78, 5) is 22.6. The summed E-state index contributed by atoms with van der Waals surface area (Å²) in [5.74, 6) is 5.73. The van der Waals surface area contributed by atoms with Crippen LogP contribution < -0.4 is 4.74 Å². The first-order valence-electron chi connectivity index (χ1n) is 11.0. The van der Waals surface area contributed by atoms with Crippen molar-refractivity contribution in [3.63, 3.8) is 0 Å². The van der Waals surface area contributed by atoms with Crippen molar-refractivity contribution in [1.82, 2.24) is 4.31 Å². The predicted molar refractivity (Wildman–Crippen MR) is 126 cm³/mol. The molecular weight excluding hydrogens is 446 g/mol. The molecule has 0 aromatic heterocycles. The van der Waals surface area contributed by atoms with E-state index >= 15 is 0 Å². The highest BCUT2D eigenvalue weighted by molar-refractivity contribution is 7.88. The topological polar surface area (TPSA) is 99.2 Å². The van der Waals surface area contributed by atoms with Gasteiger partial charge in [-0.3, -0.25) is 9.59 Å². The molecule has 0 spiro atoms. The molecule has 1 rings (SSSR count). The number of hydrogen-bond acceptors (Lipinski definition) is 7. The summed E-state index contributed by atoms with van der Waals surface area (Å²) in [6, 6.07) is 7.72. The number of esters is 2. The van der Waals surface area contributed by atoms with Gasteiger partial charge >= 0.3 is 11.9 Å². The van der Waals surface area contributed by atoms with E-state index in [0.29, 0.717) is 31.4 Å². The summed E-state index contributed by atoms with van der Waals surface area (Å²) in [5.41, 5.74) is 1.15. The first kappa shape index (κ1) is 28.5. The number of benzene rings is 1. The van der Waals surface area contributed by atoms with Gasteiger partial charge in [0.05, 0.1) is 19.9 Å². The van der Waals surface area contributed by atoms with Gasteiger partial charge in [0.15, 0.2) is 0 Å². The van der Waals surface area contributed by atoms with Gasteiger partial charge in [-0.05, 0) is 43.4 Å². The lowest BCUT2D eigenvalue weighted by Crippen LogP contribution is -2.32. The second-order valence-corrected chi connectivity index (χ2v) is 9.55. The molecule has 0 aliphatic carbocycles. The summed E-state index contributed by atoms with van der Waals surface area (Å²) >= 11 is 0. The Morgan fingerprint density at radius 3 is 2.58 bits per heavy atom. The van der Waals surface area contributed by atoms with Crippen LogP contribution in [-0.4, -0.2) is 63.8 Å². The van der Waals surface area contributed by atoms with E-state index in [1.807, 2.05) is 24.3 Å². The molecule has 1 aromatic rings. The minimum atomic E-state index is -3.44. The first-order valence-corrected chi connectivity index (χ1v) is 12.9. The van der Waals surface area contributed by atoms with E-state index in [9.17, 15) is 18.0 Å². The first-order chi connectivity index (χ1) is 15.7. The van der Waals surface area contributed by atoms with Crippen LogP contribution in [-0.2, 0) is 35.5 Å². The zero-order valence-electron chi connectivity index (χ0n) is 20.0. The van der Waals surface area contributed by atoms with E-state index in [0.717, 1.165) is 18.2 Å². The lowest BCUT2D eigenvalue weighted by atomic mass is 10.1. The number of hydrogen-bond donors (Lipinski definition) is 0. The van der Waals surface area contributed by atoms with Crippen molar-refractivity contribution in [1.29, 1.82) is 0 Å². The quantitative estimate of drug-likeness (QED) is 0.229. The highest BCUT2D eigenvalue weighted by atomic mass is 32.2.